The van der Waals surface area contributed by atoms with E-state index in [1.807, 2.05) is 20.8 Å². The molecule has 2 rings (SSSR count). The van der Waals surface area contributed by atoms with Crippen LogP contribution < -0.4 is 0 Å². The van der Waals surface area contributed by atoms with Gasteiger partial charge in [0.15, 0.2) is 0 Å². The van der Waals surface area contributed by atoms with Crippen LogP contribution in [-0.2, 0) is 21.7 Å². The third-order valence-electron chi connectivity index (χ3n) is 4.41. The molecule has 1 nitrogen and oxygen atoms in total. The third kappa shape index (κ3) is 19.0. The molecule has 0 amide bonds. The predicted octanol–water partition coefficient (Wildman–Crippen LogP) is 7.48. The molecule has 174 valence electrons. The van der Waals surface area contributed by atoms with Gasteiger partial charge in [-0.3, -0.25) is 0 Å². The van der Waals surface area contributed by atoms with E-state index >= 15 is 0 Å². The third-order valence-corrected chi connectivity index (χ3v) is 8.89. The fraction of sp³-hybridized carbons (Fsp3) is 0.560. The van der Waals surface area contributed by atoms with Crippen LogP contribution in [-0.4, -0.2) is 32.7 Å². The maximum absolute atomic E-state index is 6.94. The summed E-state index contributed by atoms with van der Waals surface area (Å²) in [6.45, 7) is 27.9. The second kappa shape index (κ2) is 16.9. The van der Waals surface area contributed by atoms with Crippen molar-refractivity contribution >= 4 is 27.1 Å². The summed E-state index contributed by atoms with van der Waals surface area (Å²) >= 11 is 0. The number of allylic oxidation sites excluding steroid dienone is 6. The molecule has 2 atom stereocenters. The van der Waals surface area contributed by atoms with Crippen molar-refractivity contribution in [3.8, 4) is 0 Å². The van der Waals surface area contributed by atoms with Gasteiger partial charge >= 0.3 is 21.7 Å². The molecular weight excluding hydrogens is 446 g/mol. The summed E-state index contributed by atoms with van der Waals surface area (Å²) in [7, 11) is -2.39. The molecular formula is C25H53NSi3Ti. The predicted molar refractivity (Wildman–Crippen MR) is 152 cm³/mol. The van der Waals surface area contributed by atoms with E-state index in [9.17, 15) is 0 Å². The monoisotopic (exact) mass is 499 g/mol. The Labute approximate surface area is 213 Å². The number of hydrogen-bond donors (Lipinski definition) is 0. The average Bonchev–Trinajstić information content (AvgIpc) is 2.91. The Hall–Kier alpha value is 0.285. The number of nitrogens with one attached hydrogen (secondary N) is 1. The van der Waals surface area contributed by atoms with E-state index < -0.39 is 16.1 Å². The topological polar surface area (TPSA) is 23.8 Å². The molecule has 0 aromatic heterocycles. The summed E-state index contributed by atoms with van der Waals surface area (Å²) in [5.41, 5.74) is 6.69. The van der Waals surface area contributed by atoms with Gasteiger partial charge in [-0.1, -0.05) is 108 Å². The van der Waals surface area contributed by atoms with Crippen molar-refractivity contribution in [2.45, 2.75) is 78.4 Å². The normalized spacial score (nSPS) is 18.9. The first-order valence-electron chi connectivity index (χ1n) is 9.86. The van der Waals surface area contributed by atoms with E-state index in [0.29, 0.717) is 0 Å². The smallest absolute Gasteiger partial charge is 0.673 e. The first-order chi connectivity index (χ1) is 11.5. The number of hydrogen-bond acceptors (Lipinski definition) is 0. The zero-order valence-corrected chi connectivity index (χ0v) is 24.9. The molecule has 1 saturated carbocycles. The molecule has 0 aromatic carbocycles. The van der Waals surface area contributed by atoms with Crippen LogP contribution in [0.5, 0.6) is 0 Å². The molecule has 0 aromatic rings. The van der Waals surface area contributed by atoms with Gasteiger partial charge in [-0.15, -0.1) is 17.5 Å². The molecule has 5 heteroatoms. The molecule has 0 spiro atoms. The van der Waals surface area contributed by atoms with Crippen molar-refractivity contribution in [1.29, 1.82) is 0 Å². The second-order valence-corrected chi connectivity index (χ2v) is 20.7. The van der Waals surface area contributed by atoms with Gasteiger partial charge in [-0.2, -0.15) is 6.42 Å². The summed E-state index contributed by atoms with van der Waals surface area (Å²) in [5.74, 6) is 1.62. The van der Waals surface area contributed by atoms with E-state index in [4.69, 9.17) is 5.73 Å². The van der Waals surface area contributed by atoms with E-state index in [2.05, 4.69) is 83.2 Å². The van der Waals surface area contributed by atoms with E-state index in [0.717, 1.165) is 11.8 Å². The minimum absolute atomic E-state index is 0. The van der Waals surface area contributed by atoms with Gasteiger partial charge in [-0.05, 0) is 16.9 Å². The van der Waals surface area contributed by atoms with E-state index in [1.54, 1.807) is 0 Å². The maximum Gasteiger partial charge on any atom is 4.00 e. The first-order valence-corrected chi connectivity index (χ1v) is 16.9. The van der Waals surface area contributed by atoms with Gasteiger partial charge in [-0.25, -0.2) is 0 Å². The molecule has 0 saturated heterocycles. The number of rotatable bonds is 3. The molecule has 0 heterocycles. The van der Waals surface area contributed by atoms with Gasteiger partial charge in [0.25, 0.3) is 0 Å². The van der Waals surface area contributed by atoms with Gasteiger partial charge in [0.05, 0.1) is 16.1 Å². The summed E-state index contributed by atoms with van der Waals surface area (Å²) in [6, 6.07) is 0. The zero-order valence-electron chi connectivity index (χ0n) is 21.4. The molecule has 0 aliphatic heterocycles. The Morgan fingerprint density at radius 3 is 1.53 bits per heavy atom. The van der Waals surface area contributed by atoms with Crippen LogP contribution in [0.1, 0.15) is 33.6 Å². The van der Waals surface area contributed by atoms with E-state index in [1.165, 1.54) is 23.2 Å². The fourth-order valence-corrected chi connectivity index (χ4v) is 6.66. The van der Waals surface area contributed by atoms with Gasteiger partial charge in [0, 0.05) is 0 Å². The van der Waals surface area contributed by atoms with Crippen LogP contribution in [0.4, 0.5) is 0 Å². The summed E-state index contributed by atoms with van der Waals surface area (Å²) < 4.78 is 0. The van der Waals surface area contributed by atoms with Crippen molar-refractivity contribution in [3.05, 3.63) is 74.9 Å². The van der Waals surface area contributed by atoms with Crippen molar-refractivity contribution in [3.63, 3.8) is 0 Å². The summed E-state index contributed by atoms with van der Waals surface area (Å²) in [5, 5.41) is 2.73. The Balaban J connectivity index is -0.000000104. The zero-order chi connectivity index (χ0) is 20.8. The van der Waals surface area contributed by atoms with E-state index in [-0.39, 0.29) is 53.1 Å². The first kappa shape index (κ1) is 40.6. The van der Waals surface area contributed by atoms with Crippen molar-refractivity contribution in [2.24, 2.45) is 11.8 Å². The Morgan fingerprint density at radius 2 is 1.23 bits per heavy atom. The van der Waals surface area contributed by atoms with Crippen LogP contribution in [0.15, 0.2) is 47.9 Å². The fourth-order valence-electron chi connectivity index (χ4n) is 2.60. The molecule has 2 aliphatic carbocycles. The number of fused-ring (bicyclic) bond motifs is 1. The minimum Gasteiger partial charge on any atom is -0.673 e. The minimum atomic E-state index is -1.19. The van der Waals surface area contributed by atoms with Crippen LogP contribution in [0.2, 0.25) is 39.3 Å². The largest absolute Gasteiger partial charge is 4.00 e. The molecule has 2 unspecified atom stereocenters. The SMILES string of the molecule is C1=CC2[CH-]CCC2C=C1.C=C(C(=C)[Si](C)(C)C)[Si](C)(C)C.CC(C)(C)[NH-].[CH3-].[CH3-].[SiH4].[Ti+4]. The molecule has 0 radical (unpaired) electrons. The standard InChI is InChI=1S/C10H22Si2.C9H11.C4H10N.2CH3.H4Si.Ti/c1-9(11(3,4)5)10(2)12(6,7)8;1-2-5-9-7-3-6-8(9)4-1;1-4(2,3)5;;;;/h1-2H2,3-8H3;1-2,4-6,8-9H,3,7H2;5H,1-3H3;2*1H3;1H4;/q;4*-1;;+4. The maximum atomic E-state index is 6.94. The van der Waals surface area contributed by atoms with Crippen molar-refractivity contribution in [2.75, 3.05) is 0 Å². The van der Waals surface area contributed by atoms with Crippen LogP contribution in [0.25, 0.3) is 5.73 Å². The molecule has 1 N–H and O–H groups in total. The molecule has 2 aliphatic rings. The Bertz CT molecular complexity index is 484. The average molecular weight is 500 g/mol. The summed E-state index contributed by atoms with van der Waals surface area (Å²) in [4.78, 5) is 0. The van der Waals surface area contributed by atoms with Gasteiger partial charge < -0.3 is 27.0 Å². The van der Waals surface area contributed by atoms with Crippen molar-refractivity contribution in [1.82, 2.24) is 0 Å². The van der Waals surface area contributed by atoms with Gasteiger partial charge in [0.2, 0.25) is 0 Å². The second-order valence-electron chi connectivity index (χ2n) is 10.5. The molecule has 1 fully saturated rings. The van der Waals surface area contributed by atoms with Gasteiger partial charge in [0.1, 0.15) is 0 Å². The summed E-state index contributed by atoms with van der Waals surface area (Å²) in [6.07, 6.45) is 14.1. The van der Waals surface area contributed by atoms with Crippen LogP contribution in [0, 0.1) is 33.1 Å². The molecule has 30 heavy (non-hydrogen) atoms. The Morgan fingerprint density at radius 1 is 0.900 bits per heavy atom. The van der Waals surface area contributed by atoms with Crippen molar-refractivity contribution < 1.29 is 21.7 Å². The Kier molecular flexibility index (Phi) is 22.8. The van der Waals surface area contributed by atoms with Crippen LogP contribution >= 0.6 is 0 Å². The quantitative estimate of drug-likeness (QED) is 0.218. The van der Waals surface area contributed by atoms with Crippen LogP contribution in [0.3, 0.4) is 0 Å². The molecule has 0 bridgehead atoms.